The molecule has 0 bridgehead atoms. The Morgan fingerprint density at radius 2 is 1.70 bits per heavy atom. The summed E-state index contributed by atoms with van der Waals surface area (Å²) in [4.78, 5) is 16.5. The minimum atomic E-state index is -0.590. The quantitative estimate of drug-likeness (QED) is 0.756. The zero-order valence-electron chi connectivity index (χ0n) is 12.4. The first-order chi connectivity index (χ1) is 9.54. The lowest BCUT2D eigenvalue weighted by Crippen LogP contribution is -2.60. The second-order valence-corrected chi connectivity index (χ2v) is 5.40. The summed E-state index contributed by atoms with van der Waals surface area (Å²) >= 11 is 0. The number of nitriles is 2. The molecule has 0 radical (unpaired) electrons. The molecular formula is C14H23N5O. The molecule has 1 aliphatic rings. The van der Waals surface area contributed by atoms with Crippen LogP contribution >= 0.6 is 0 Å². The van der Waals surface area contributed by atoms with Crippen molar-refractivity contribution < 1.29 is 4.79 Å². The molecule has 110 valence electrons. The summed E-state index contributed by atoms with van der Waals surface area (Å²) in [6.45, 7) is 8.07. The van der Waals surface area contributed by atoms with Crippen molar-refractivity contribution in [3.05, 3.63) is 0 Å². The van der Waals surface area contributed by atoms with Crippen LogP contribution in [0.25, 0.3) is 0 Å². The third kappa shape index (κ3) is 4.19. The summed E-state index contributed by atoms with van der Waals surface area (Å²) in [7, 11) is 0. The van der Waals surface area contributed by atoms with Gasteiger partial charge in [0.2, 0.25) is 5.91 Å². The van der Waals surface area contributed by atoms with Gasteiger partial charge in [-0.15, -0.1) is 0 Å². The Morgan fingerprint density at radius 1 is 1.20 bits per heavy atom. The molecule has 0 aromatic carbocycles. The van der Waals surface area contributed by atoms with Crippen LogP contribution in [0.4, 0.5) is 0 Å². The average molecular weight is 277 g/mol. The first kappa shape index (κ1) is 16.4. The van der Waals surface area contributed by atoms with Gasteiger partial charge in [0, 0.05) is 39.3 Å². The van der Waals surface area contributed by atoms with Gasteiger partial charge in [0.15, 0.2) is 0 Å². The van der Waals surface area contributed by atoms with E-state index in [1.807, 2.05) is 13.8 Å². The molecule has 1 amide bonds. The van der Waals surface area contributed by atoms with Crippen molar-refractivity contribution >= 4 is 5.91 Å². The summed E-state index contributed by atoms with van der Waals surface area (Å²) in [6, 6.07) is 4.12. The van der Waals surface area contributed by atoms with Crippen LogP contribution in [0.2, 0.25) is 0 Å². The fourth-order valence-corrected chi connectivity index (χ4v) is 2.43. The first-order valence-electron chi connectivity index (χ1n) is 7.03. The second kappa shape index (κ2) is 7.84. The Hall–Kier alpha value is -1.63. The van der Waals surface area contributed by atoms with Crippen LogP contribution in [0.3, 0.4) is 0 Å². The van der Waals surface area contributed by atoms with E-state index in [-0.39, 0.29) is 5.91 Å². The fourth-order valence-electron chi connectivity index (χ4n) is 2.43. The zero-order valence-corrected chi connectivity index (χ0v) is 12.4. The molecule has 0 aromatic rings. The van der Waals surface area contributed by atoms with Crippen molar-refractivity contribution in [2.75, 3.05) is 39.3 Å². The van der Waals surface area contributed by atoms with Crippen molar-refractivity contribution in [1.29, 1.82) is 10.5 Å². The zero-order chi connectivity index (χ0) is 15.0. The summed E-state index contributed by atoms with van der Waals surface area (Å²) < 4.78 is 0. The highest BCUT2D eigenvalue weighted by atomic mass is 16.2. The molecule has 1 heterocycles. The molecule has 0 aromatic heterocycles. The monoisotopic (exact) mass is 277 g/mol. The summed E-state index contributed by atoms with van der Waals surface area (Å²) in [5, 5.41) is 20.7. The average Bonchev–Trinajstić information content (AvgIpc) is 2.47. The Morgan fingerprint density at radius 3 is 2.15 bits per heavy atom. The molecule has 0 aliphatic carbocycles. The van der Waals surface area contributed by atoms with Gasteiger partial charge in [0.25, 0.3) is 0 Å². The third-order valence-electron chi connectivity index (χ3n) is 3.71. The molecular weight excluding hydrogens is 254 g/mol. The van der Waals surface area contributed by atoms with E-state index in [0.717, 1.165) is 26.2 Å². The largest absolute Gasteiger partial charge is 0.339 e. The van der Waals surface area contributed by atoms with Gasteiger partial charge < -0.3 is 10.2 Å². The van der Waals surface area contributed by atoms with E-state index in [0.29, 0.717) is 25.9 Å². The normalized spacial score (nSPS) is 16.2. The minimum absolute atomic E-state index is 0.00454. The second-order valence-electron chi connectivity index (χ2n) is 5.40. The number of nitrogens with one attached hydrogen (secondary N) is 1. The van der Waals surface area contributed by atoms with Gasteiger partial charge in [0.05, 0.1) is 30.5 Å². The number of nitrogens with zero attached hydrogens (tertiary/aromatic N) is 4. The molecule has 1 fully saturated rings. The van der Waals surface area contributed by atoms with E-state index in [1.165, 1.54) is 0 Å². The number of carbonyl (C=O) groups excluding carboxylic acids is 1. The topological polar surface area (TPSA) is 83.2 Å². The van der Waals surface area contributed by atoms with Gasteiger partial charge in [-0.1, -0.05) is 0 Å². The molecule has 0 saturated carbocycles. The molecule has 1 saturated heterocycles. The molecule has 0 unspecified atom stereocenters. The van der Waals surface area contributed by atoms with E-state index in [4.69, 9.17) is 10.5 Å². The highest BCUT2D eigenvalue weighted by Crippen LogP contribution is 2.19. The lowest BCUT2D eigenvalue weighted by Gasteiger charge is -2.42. The maximum atomic E-state index is 12.7. The van der Waals surface area contributed by atoms with Crippen LogP contribution in [0.15, 0.2) is 0 Å². The number of hydrogen-bond donors (Lipinski definition) is 1. The molecule has 20 heavy (non-hydrogen) atoms. The van der Waals surface area contributed by atoms with Crippen LogP contribution in [-0.4, -0.2) is 60.5 Å². The Labute approximate surface area is 120 Å². The van der Waals surface area contributed by atoms with E-state index in [2.05, 4.69) is 22.4 Å². The Bertz CT molecular complexity index is 383. The molecule has 6 nitrogen and oxygen atoms in total. The predicted octanol–water partition coefficient (Wildman–Crippen LogP) is 0.326. The minimum Gasteiger partial charge on any atom is -0.339 e. The van der Waals surface area contributed by atoms with Crippen molar-refractivity contribution in [2.24, 2.45) is 0 Å². The van der Waals surface area contributed by atoms with E-state index < -0.39 is 5.54 Å². The van der Waals surface area contributed by atoms with E-state index in [1.54, 1.807) is 4.90 Å². The first-order valence-corrected chi connectivity index (χ1v) is 7.03. The summed E-state index contributed by atoms with van der Waals surface area (Å²) in [5.41, 5.74) is -0.590. The van der Waals surface area contributed by atoms with Crippen molar-refractivity contribution in [3.8, 4) is 12.1 Å². The standard InChI is InChI=1S/C14H23N5O/c1-14(2,19-11-7-17-8-12-19)13(20)18(9-3-5-15)10-4-6-16/h17H,3-4,7-12H2,1-2H3. The number of amides is 1. The van der Waals surface area contributed by atoms with Gasteiger partial charge in [-0.25, -0.2) is 0 Å². The van der Waals surface area contributed by atoms with Crippen LogP contribution in [-0.2, 0) is 4.79 Å². The lowest BCUT2D eigenvalue weighted by atomic mass is 9.99. The van der Waals surface area contributed by atoms with Crippen molar-refractivity contribution in [2.45, 2.75) is 32.2 Å². The van der Waals surface area contributed by atoms with Crippen molar-refractivity contribution in [1.82, 2.24) is 15.1 Å². The fraction of sp³-hybridized carbons (Fsp3) is 0.786. The van der Waals surface area contributed by atoms with Gasteiger partial charge >= 0.3 is 0 Å². The van der Waals surface area contributed by atoms with Gasteiger partial charge in [0.1, 0.15) is 0 Å². The molecule has 1 N–H and O–H groups in total. The Balaban J connectivity index is 2.74. The molecule has 0 spiro atoms. The third-order valence-corrected chi connectivity index (χ3v) is 3.71. The van der Waals surface area contributed by atoms with Gasteiger partial charge in [-0.05, 0) is 13.8 Å². The molecule has 6 heteroatoms. The van der Waals surface area contributed by atoms with Crippen LogP contribution in [0.1, 0.15) is 26.7 Å². The van der Waals surface area contributed by atoms with E-state index >= 15 is 0 Å². The van der Waals surface area contributed by atoms with Crippen molar-refractivity contribution in [3.63, 3.8) is 0 Å². The maximum absolute atomic E-state index is 12.7. The number of carbonyl (C=O) groups is 1. The molecule has 1 rings (SSSR count). The lowest BCUT2D eigenvalue weighted by molar-refractivity contribution is -0.143. The molecule has 1 aliphatic heterocycles. The maximum Gasteiger partial charge on any atom is 0.242 e. The van der Waals surface area contributed by atoms with E-state index in [9.17, 15) is 4.79 Å². The van der Waals surface area contributed by atoms with Gasteiger partial charge in [-0.3, -0.25) is 9.69 Å². The van der Waals surface area contributed by atoms with Crippen LogP contribution in [0, 0.1) is 22.7 Å². The van der Waals surface area contributed by atoms with Crippen LogP contribution in [0.5, 0.6) is 0 Å². The highest BCUT2D eigenvalue weighted by Gasteiger charge is 2.37. The number of hydrogen-bond acceptors (Lipinski definition) is 5. The smallest absolute Gasteiger partial charge is 0.242 e. The Kier molecular flexibility index (Phi) is 6.44. The number of rotatable bonds is 6. The summed E-state index contributed by atoms with van der Waals surface area (Å²) in [6.07, 6.45) is 0.601. The SMILES string of the molecule is CC(C)(C(=O)N(CCC#N)CCC#N)N1CCNCC1. The van der Waals surface area contributed by atoms with Gasteiger partial charge in [-0.2, -0.15) is 10.5 Å². The predicted molar refractivity (Wildman–Crippen MR) is 75.6 cm³/mol. The number of piperazine rings is 1. The molecule has 0 atom stereocenters. The summed E-state index contributed by atoms with van der Waals surface area (Å²) in [5.74, 6) is 0.00454. The van der Waals surface area contributed by atoms with Crippen LogP contribution < -0.4 is 5.32 Å². The highest BCUT2D eigenvalue weighted by molar-refractivity contribution is 5.85.